The number of nitrogens with one attached hydrogen (secondary N) is 1. The molecule has 1 spiro atoms. The number of allylic oxidation sites excluding steroid dienone is 1. The van der Waals surface area contributed by atoms with Gasteiger partial charge in [-0.2, -0.15) is 5.26 Å². The zero-order chi connectivity index (χ0) is 24.6. The smallest absolute Gasteiger partial charge is 0.245 e. The molecule has 1 atom stereocenters. The second-order valence-electron chi connectivity index (χ2n) is 10.2. The van der Waals surface area contributed by atoms with E-state index >= 15 is 0 Å². The highest BCUT2D eigenvalue weighted by molar-refractivity contribution is 9.10. The average Bonchev–Trinajstić information content (AvgIpc) is 3.00. The Labute approximate surface area is 207 Å². The van der Waals surface area contributed by atoms with Gasteiger partial charge in [0.25, 0.3) is 0 Å². The summed E-state index contributed by atoms with van der Waals surface area (Å²) in [5.41, 5.74) is 9.90. The van der Waals surface area contributed by atoms with Crippen LogP contribution in [-0.4, -0.2) is 11.7 Å². The Kier molecular flexibility index (Phi) is 4.82. The van der Waals surface area contributed by atoms with Crippen molar-refractivity contribution >= 4 is 39.0 Å². The minimum absolute atomic E-state index is 0.0866. The fourth-order valence-electron chi connectivity index (χ4n) is 5.68. The lowest BCUT2D eigenvalue weighted by molar-refractivity contribution is -0.123. The number of rotatable bonds is 1. The van der Waals surface area contributed by atoms with Gasteiger partial charge in [0.15, 0.2) is 5.78 Å². The Bertz CT molecular complexity index is 1410. The van der Waals surface area contributed by atoms with Crippen LogP contribution >= 0.6 is 15.9 Å². The number of benzene rings is 2. The van der Waals surface area contributed by atoms with Gasteiger partial charge in [0.1, 0.15) is 17.3 Å². The summed E-state index contributed by atoms with van der Waals surface area (Å²) in [4.78, 5) is 29.5. The molecule has 1 amide bonds. The Morgan fingerprint density at radius 3 is 2.53 bits per heavy atom. The van der Waals surface area contributed by atoms with E-state index in [4.69, 9.17) is 5.73 Å². The summed E-state index contributed by atoms with van der Waals surface area (Å²) in [6.45, 7) is 7.97. The molecule has 2 aromatic carbocycles. The van der Waals surface area contributed by atoms with E-state index in [1.54, 1.807) is 0 Å². The van der Waals surface area contributed by atoms with Crippen molar-refractivity contribution < 1.29 is 9.59 Å². The number of Topliss-reactive ketones (excluding diaryl/α,β-unsaturated/α-hetero) is 1. The summed E-state index contributed by atoms with van der Waals surface area (Å²) < 4.78 is 0.916. The van der Waals surface area contributed by atoms with Gasteiger partial charge in [-0.3, -0.25) is 14.5 Å². The van der Waals surface area contributed by atoms with Crippen LogP contribution in [0.1, 0.15) is 43.4 Å². The second kappa shape index (κ2) is 7.31. The highest BCUT2D eigenvalue weighted by atomic mass is 79.9. The first-order chi connectivity index (χ1) is 16.0. The van der Waals surface area contributed by atoms with Crippen molar-refractivity contribution in [1.82, 2.24) is 0 Å². The first kappa shape index (κ1) is 22.4. The van der Waals surface area contributed by atoms with Crippen LogP contribution in [0.2, 0.25) is 0 Å². The molecule has 0 radical (unpaired) electrons. The van der Waals surface area contributed by atoms with Crippen molar-refractivity contribution in [3.05, 3.63) is 80.2 Å². The predicted molar refractivity (Wildman–Crippen MR) is 135 cm³/mol. The molecule has 2 heterocycles. The molecule has 3 aliphatic rings. The van der Waals surface area contributed by atoms with Crippen LogP contribution in [0.25, 0.3) is 0 Å². The average molecular weight is 517 g/mol. The number of nitrogens with zero attached hydrogens (tertiary/aromatic N) is 2. The Morgan fingerprint density at radius 2 is 1.85 bits per heavy atom. The zero-order valence-electron chi connectivity index (χ0n) is 19.5. The Balaban J connectivity index is 1.92. The van der Waals surface area contributed by atoms with Gasteiger partial charge in [-0.25, -0.2) is 0 Å². The maximum Gasteiger partial charge on any atom is 0.245 e. The van der Waals surface area contributed by atoms with Crippen LogP contribution in [-0.2, 0) is 15.0 Å². The Morgan fingerprint density at radius 1 is 1.12 bits per heavy atom. The maximum absolute atomic E-state index is 13.9. The van der Waals surface area contributed by atoms with Crippen LogP contribution in [0, 0.1) is 30.6 Å². The van der Waals surface area contributed by atoms with E-state index in [0.717, 1.165) is 21.3 Å². The fraction of sp³-hybridized carbons (Fsp3) is 0.296. The second-order valence-corrected chi connectivity index (χ2v) is 11.1. The third-order valence-electron chi connectivity index (χ3n) is 7.05. The number of aryl methyl sites for hydroxylation is 2. The van der Waals surface area contributed by atoms with E-state index in [1.807, 2.05) is 69.0 Å². The highest BCUT2D eigenvalue weighted by Crippen LogP contribution is 2.57. The number of hydrogen-bond acceptors (Lipinski definition) is 5. The van der Waals surface area contributed by atoms with E-state index in [-0.39, 0.29) is 29.0 Å². The molecule has 0 bridgehead atoms. The van der Waals surface area contributed by atoms with Crippen molar-refractivity contribution in [3.63, 3.8) is 0 Å². The molecule has 7 heteroatoms. The summed E-state index contributed by atoms with van der Waals surface area (Å²) in [5.74, 6) is -0.349. The van der Waals surface area contributed by atoms with Crippen molar-refractivity contribution in [2.24, 2.45) is 11.1 Å². The van der Waals surface area contributed by atoms with E-state index in [1.165, 1.54) is 0 Å². The number of nitriles is 1. The SMILES string of the molecule is Cc1ccc2c(c1)C1(C(=O)N2)C(C#N)=C(N)N(c2ccc(Br)cc2C)C2=C1C(=O)CC(C)(C)C2. The number of ketones is 1. The van der Waals surface area contributed by atoms with Gasteiger partial charge in [-0.15, -0.1) is 0 Å². The number of hydrogen-bond donors (Lipinski definition) is 2. The lowest BCUT2D eigenvalue weighted by Crippen LogP contribution is -2.52. The predicted octanol–water partition coefficient (Wildman–Crippen LogP) is 5.11. The molecule has 1 aliphatic carbocycles. The molecule has 2 aromatic rings. The number of anilines is 2. The van der Waals surface area contributed by atoms with Crippen LogP contribution < -0.4 is 16.0 Å². The van der Waals surface area contributed by atoms with Crippen molar-refractivity contribution in [3.8, 4) is 6.07 Å². The van der Waals surface area contributed by atoms with Gasteiger partial charge >= 0.3 is 0 Å². The molecule has 5 rings (SSSR count). The zero-order valence-corrected chi connectivity index (χ0v) is 21.1. The number of carbonyl (C=O) groups excluding carboxylic acids is 2. The largest absolute Gasteiger partial charge is 0.384 e. The lowest BCUT2D eigenvalue weighted by Gasteiger charge is -2.47. The monoisotopic (exact) mass is 516 g/mol. The molecule has 0 saturated carbocycles. The molecule has 2 aliphatic heterocycles. The van der Waals surface area contributed by atoms with Gasteiger partial charge in [-0.05, 0) is 55.5 Å². The van der Waals surface area contributed by atoms with Crippen molar-refractivity contribution in [1.29, 1.82) is 5.26 Å². The molecular formula is C27H25BrN4O2. The van der Waals surface area contributed by atoms with Crippen LogP contribution in [0.15, 0.2) is 63.5 Å². The molecule has 1 unspecified atom stereocenters. The summed E-state index contributed by atoms with van der Waals surface area (Å²) in [6, 6.07) is 13.6. The van der Waals surface area contributed by atoms with Crippen LogP contribution in [0.4, 0.5) is 11.4 Å². The molecule has 3 N–H and O–H groups in total. The quantitative estimate of drug-likeness (QED) is 0.548. The number of halogens is 1. The number of nitrogens with two attached hydrogens (primary N) is 1. The van der Waals surface area contributed by atoms with Gasteiger partial charge in [0.05, 0.1) is 11.3 Å². The molecule has 0 aromatic heterocycles. The number of carbonyl (C=O) groups is 2. The summed E-state index contributed by atoms with van der Waals surface area (Å²) in [5, 5.41) is 13.3. The van der Waals surface area contributed by atoms with Gasteiger partial charge < -0.3 is 11.1 Å². The number of amides is 1. The third-order valence-corrected chi connectivity index (χ3v) is 7.54. The van der Waals surface area contributed by atoms with Gasteiger partial charge in [-0.1, -0.05) is 47.5 Å². The van der Waals surface area contributed by atoms with Crippen molar-refractivity contribution in [2.45, 2.75) is 46.0 Å². The van der Waals surface area contributed by atoms with E-state index in [0.29, 0.717) is 28.9 Å². The fourth-order valence-corrected chi connectivity index (χ4v) is 6.15. The molecule has 0 fully saturated rings. The summed E-state index contributed by atoms with van der Waals surface area (Å²) >= 11 is 3.51. The van der Waals surface area contributed by atoms with E-state index in [2.05, 4.69) is 27.3 Å². The molecule has 6 nitrogen and oxygen atoms in total. The van der Waals surface area contributed by atoms with E-state index in [9.17, 15) is 14.9 Å². The lowest BCUT2D eigenvalue weighted by atomic mass is 9.60. The normalized spacial score (nSPS) is 23.1. The third kappa shape index (κ3) is 2.91. The standard InChI is InChI=1S/C27H25BrN4O2/c1-14-5-7-19-17(9-14)27(25(34)31-19)18(13-29)24(30)32(20-8-6-16(28)10-15(20)2)21-11-26(3,4)12-22(33)23(21)27/h5-10H,11-12,30H2,1-4H3,(H,31,34). The molecule has 0 saturated heterocycles. The van der Waals surface area contributed by atoms with Crippen LogP contribution in [0.5, 0.6) is 0 Å². The molecular weight excluding hydrogens is 492 g/mol. The van der Waals surface area contributed by atoms with Gasteiger partial charge in [0.2, 0.25) is 5.91 Å². The molecule has 34 heavy (non-hydrogen) atoms. The first-order valence-electron chi connectivity index (χ1n) is 11.2. The highest BCUT2D eigenvalue weighted by Gasteiger charge is 2.61. The number of fused-ring (bicyclic) bond motifs is 3. The Hall–Kier alpha value is -3.37. The summed E-state index contributed by atoms with van der Waals surface area (Å²) in [6.07, 6.45) is 0.826. The first-order valence-corrected chi connectivity index (χ1v) is 12.0. The van der Waals surface area contributed by atoms with Crippen molar-refractivity contribution in [2.75, 3.05) is 10.2 Å². The van der Waals surface area contributed by atoms with E-state index < -0.39 is 11.3 Å². The topological polar surface area (TPSA) is 99.2 Å². The van der Waals surface area contributed by atoms with Gasteiger partial charge in [0, 0.05) is 33.4 Å². The maximum atomic E-state index is 13.9. The van der Waals surface area contributed by atoms with Crippen LogP contribution in [0.3, 0.4) is 0 Å². The minimum Gasteiger partial charge on any atom is -0.384 e. The summed E-state index contributed by atoms with van der Waals surface area (Å²) in [7, 11) is 0. The molecule has 172 valence electrons. The minimum atomic E-state index is -1.55.